The van der Waals surface area contributed by atoms with Gasteiger partial charge in [0.25, 0.3) is 0 Å². The Kier molecular flexibility index (Phi) is 4.04. The minimum atomic E-state index is -0.433. The van der Waals surface area contributed by atoms with Crippen LogP contribution in [0.15, 0.2) is 18.2 Å². The summed E-state index contributed by atoms with van der Waals surface area (Å²) in [6.45, 7) is 4.18. The van der Waals surface area contributed by atoms with Gasteiger partial charge in [0.15, 0.2) is 0 Å². The summed E-state index contributed by atoms with van der Waals surface area (Å²) < 4.78 is 0. The monoisotopic (exact) mass is 248 g/mol. The van der Waals surface area contributed by atoms with Crippen molar-refractivity contribution >= 4 is 17.3 Å². The maximum atomic E-state index is 11.1. The lowest BCUT2D eigenvalue weighted by Gasteiger charge is -2.16. The molecule has 1 amide bonds. The molecule has 0 spiro atoms. The molecular weight excluding hydrogens is 228 g/mol. The van der Waals surface area contributed by atoms with Crippen molar-refractivity contribution in [3.8, 4) is 0 Å². The van der Waals surface area contributed by atoms with Crippen LogP contribution in [-0.2, 0) is 0 Å². The highest BCUT2D eigenvalue weighted by atomic mass is 16.1. The number of nitrogen functional groups attached to an aromatic ring is 1. The van der Waals surface area contributed by atoms with E-state index in [0.717, 1.165) is 18.8 Å². The van der Waals surface area contributed by atoms with Gasteiger partial charge in [-0.3, -0.25) is 4.79 Å². The topological polar surface area (TPSA) is 84.4 Å². The van der Waals surface area contributed by atoms with Crippen molar-refractivity contribution in [2.24, 2.45) is 5.73 Å². The van der Waals surface area contributed by atoms with E-state index >= 15 is 0 Å². The number of primary amides is 1. The Morgan fingerprint density at radius 2 is 2.06 bits per heavy atom. The Hall–Kier alpha value is -1.75. The van der Waals surface area contributed by atoms with Gasteiger partial charge in [-0.1, -0.05) is 0 Å². The number of rotatable bonds is 5. The molecule has 1 fully saturated rings. The fourth-order valence-corrected chi connectivity index (χ4v) is 2.22. The van der Waals surface area contributed by atoms with Crippen LogP contribution in [0.25, 0.3) is 0 Å². The Balaban J connectivity index is 1.91. The molecular formula is C13H20N4O. The number of nitrogens with one attached hydrogen (secondary N) is 1. The van der Waals surface area contributed by atoms with E-state index in [1.165, 1.54) is 25.9 Å². The first-order valence-electron chi connectivity index (χ1n) is 6.32. The van der Waals surface area contributed by atoms with Crippen LogP contribution < -0.4 is 16.8 Å². The number of carbonyl (C=O) groups excluding carboxylic acids is 1. The van der Waals surface area contributed by atoms with Gasteiger partial charge in [-0.05, 0) is 44.1 Å². The Morgan fingerprint density at radius 3 is 2.72 bits per heavy atom. The third kappa shape index (κ3) is 3.13. The summed E-state index contributed by atoms with van der Waals surface area (Å²) in [5.41, 5.74) is 13.0. The normalized spacial score (nSPS) is 15.8. The second kappa shape index (κ2) is 5.73. The van der Waals surface area contributed by atoms with Crippen molar-refractivity contribution < 1.29 is 4.79 Å². The second-order valence-corrected chi connectivity index (χ2v) is 4.64. The van der Waals surface area contributed by atoms with Crippen molar-refractivity contribution in [2.75, 3.05) is 37.2 Å². The van der Waals surface area contributed by atoms with Gasteiger partial charge in [-0.2, -0.15) is 0 Å². The van der Waals surface area contributed by atoms with E-state index in [0.29, 0.717) is 11.3 Å². The first kappa shape index (κ1) is 12.7. The molecule has 5 N–H and O–H groups in total. The predicted molar refractivity (Wildman–Crippen MR) is 73.5 cm³/mol. The molecule has 5 nitrogen and oxygen atoms in total. The van der Waals surface area contributed by atoms with Crippen molar-refractivity contribution in [3.63, 3.8) is 0 Å². The van der Waals surface area contributed by atoms with E-state index in [2.05, 4.69) is 10.2 Å². The van der Waals surface area contributed by atoms with Gasteiger partial charge in [0.2, 0.25) is 5.91 Å². The molecule has 1 saturated heterocycles. The van der Waals surface area contributed by atoms with Crippen molar-refractivity contribution in [1.82, 2.24) is 4.90 Å². The molecule has 0 saturated carbocycles. The van der Waals surface area contributed by atoms with Crippen LogP contribution in [0.5, 0.6) is 0 Å². The first-order valence-corrected chi connectivity index (χ1v) is 6.32. The zero-order chi connectivity index (χ0) is 13.0. The standard InChI is InChI=1S/C13H20N4O/c14-11-4-3-10(13(15)18)9-12(11)16-5-8-17-6-1-2-7-17/h3-4,9,16H,1-2,5-8,14H2,(H2,15,18). The number of anilines is 2. The molecule has 0 aromatic heterocycles. The maximum Gasteiger partial charge on any atom is 0.248 e. The summed E-state index contributed by atoms with van der Waals surface area (Å²) >= 11 is 0. The number of nitrogens with zero attached hydrogens (tertiary/aromatic N) is 1. The average Bonchev–Trinajstić information content (AvgIpc) is 2.84. The molecule has 5 heteroatoms. The van der Waals surface area contributed by atoms with Crippen molar-refractivity contribution in [2.45, 2.75) is 12.8 Å². The van der Waals surface area contributed by atoms with Crippen LogP contribution in [0.3, 0.4) is 0 Å². The summed E-state index contributed by atoms with van der Waals surface area (Å²) in [6, 6.07) is 5.06. The summed E-state index contributed by atoms with van der Waals surface area (Å²) in [7, 11) is 0. The summed E-state index contributed by atoms with van der Waals surface area (Å²) in [5.74, 6) is -0.433. The molecule has 0 radical (unpaired) electrons. The molecule has 0 atom stereocenters. The van der Waals surface area contributed by atoms with Crippen LogP contribution in [0, 0.1) is 0 Å². The van der Waals surface area contributed by atoms with Gasteiger partial charge in [0, 0.05) is 18.7 Å². The van der Waals surface area contributed by atoms with Gasteiger partial charge in [0.1, 0.15) is 0 Å². The van der Waals surface area contributed by atoms with Crippen LogP contribution >= 0.6 is 0 Å². The molecule has 1 aromatic carbocycles. The number of carbonyl (C=O) groups is 1. The maximum absolute atomic E-state index is 11.1. The zero-order valence-electron chi connectivity index (χ0n) is 10.5. The molecule has 1 aliphatic rings. The number of benzene rings is 1. The molecule has 1 aliphatic heterocycles. The molecule has 0 unspecified atom stereocenters. The lowest BCUT2D eigenvalue weighted by atomic mass is 10.1. The smallest absolute Gasteiger partial charge is 0.248 e. The highest BCUT2D eigenvalue weighted by molar-refractivity contribution is 5.94. The van der Waals surface area contributed by atoms with Crippen LogP contribution in [0.2, 0.25) is 0 Å². The lowest BCUT2D eigenvalue weighted by Crippen LogP contribution is -2.26. The number of likely N-dealkylation sites (tertiary alicyclic amines) is 1. The van der Waals surface area contributed by atoms with Crippen molar-refractivity contribution in [3.05, 3.63) is 23.8 Å². The molecule has 1 heterocycles. The Labute approximate surface area is 107 Å². The molecule has 18 heavy (non-hydrogen) atoms. The van der Waals surface area contributed by atoms with Crippen LogP contribution in [-0.4, -0.2) is 37.0 Å². The van der Waals surface area contributed by atoms with E-state index in [9.17, 15) is 4.79 Å². The Morgan fingerprint density at radius 1 is 1.33 bits per heavy atom. The third-order valence-corrected chi connectivity index (χ3v) is 3.28. The lowest BCUT2D eigenvalue weighted by molar-refractivity contribution is 0.100. The predicted octanol–water partition coefficient (Wildman–Crippen LogP) is 0.875. The van der Waals surface area contributed by atoms with Gasteiger partial charge in [-0.25, -0.2) is 0 Å². The van der Waals surface area contributed by atoms with Crippen LogP contribution in [0.4, 0.5) is 11.4 Å². The van der Waals surface area contributed by atoms with Gasteiger partial charge in [-0.15, -0.1) is 0 Å². The van der Waals surface area contributed by atoms with Gasteiger partial charge >= 0.3 is 0 Å². The van der Waals surface area contributed by atoms with E-state index in [1.54, 1.807) is 18.2 Å². The second-order valence-electron chi connectivity index (χ2n) is 4.64. The number of nitrogens with two attached hydrogens (primary N) is 2. The highest BCUT2D eigenvalue weighted by Crippen LogP contribution is 2.19. The van der Waals surface area contributed by atoms with E-state index in [-0.39, 0.29) is 0 Å². The van der Waals surface area contributed by atoms with E-state index < -0.39 is 5.91 Å². The molecule has 0 aliphatic carbocycles. The quantitative estimate of drug-likeness (QED) is 0.675. The van der Waals surface area contributed by atoms with Gasteiger partial charge in [0.05, 0.1) is 11.4 Å². The molecule has 0 bridgehead atoms. The summed E-state index contributed by atoms with van der Waals surface area (Å²) in [5, 5.41) is 3.26. The Bertz CT molecular complexity index is 427. The average molecular weight is 248 g/mol. The minimum Gasteiger partial charge on any atom is -0.397 e. The fourth-order valence-electron chi connectivity index (χ4n) is 2.22. The molecule has 2 rings (SSSR count). The largest absolute Gasteiger partial charge is 0.397 e. The van der Waals surface area contributed by atoms with Crippen LogP contribution in [0.1, 0.15) is 23.2 Å². The highest BCUT2D eigenvalue weighted by Gasteiger charge is 2.11. The molecule has 1 aromatic rings. The zero-order valence-corrected chi connectivity index (χ0v) is 10.5. The number of hydrogen-bond donors (Lipinski definition) is 3. The van der Waals surface area contributed by atoms with E-state index in [1.807, 2.05) is 0 Å². The van der Waals surface area contributed by atoms with E-state index in [4.69, 9.17) is 11.5 Å². The fraction of sp³-hybridized carbons (Fsp3) is 0.462. The molecule has 98 valence electrons. The SMILES string of the molecule is NC(=O)c1ccc(N)c(NCCN2CCCC2)c1. The number of hydrogen-bond acceptors (Lipinski definition) is 4. The third-order valence-electron chi connectivity index (χ3n) is 3.28. The summed E-state index contributed by atoms with van der Waals surface area (Å²) in [6.07, 6.45) is 2.58. The van der Waals surface area contributed by atoms with Gasteiger partial charge < -0.3 is 21.7 Å². The first-order chi connectivity index (χ1) is 8.66. The minimum absolute atomic E-state index is 0.433. The summed E-state index contributed by atoms with van der Waals surface area (Å²) in [4.78, 5) is 13.5. The number of amides is 1. The van der Waals surface area contributed by atoms with Crippen molar-refractivity contribution in [1.29, 1.82) is 0 Å².